The van der Waals surface area contributed by atoms with Gasteiger partial charge >= 0.3 is 17.9 Å². The van der Waals surface area contributed by atoms with Gasteiger partial charge in [-0.2, -0.15) is 0 Å². The third kappa shape index (κ3) is 3.49. The van der Waals surface area contributed by atoms with Crippen LogP contribution in [0.4, 0.5) is 5.00 Å². The van der Waals surface area contributed by atoms with Gasteiger partial charge in [-0.3, -0.25) is 0 Å². The molecule has 9 heteroatoms. The van der Waals surface area contributed by atoms with Crippen molar-refractivity contribution in [2.75, 3.05) is 20.0 Å². The molecule has 0 saturated carbocycles. The van der Waals surface area contributed by atoms with Gasteiger partial charge in [0.1, 0.15) is 27.7 Å². The van der Waals surface area contributed by atoms with Crippen LogP contribution in [-0.2, 0) is 20.8 Å². The van der Waals surface area contributed by atoms with Gasteiger partial charge in [-0.15, -0.1) is 11.3 Å². The number of carbonyl (C=O) groups excluding carboxylic acids is 3. The van der Waals surface area contributed by atoms with Crippen molar-refractivity contribution in [3.05, 3.63) is 52.0 Å². The number of aromatic nitrogens is 1. The molecule has 8 nitrogen and oxygen atoms in total. The van der Waals surface area contributed by atoms with Crippen LogP contribution < -0.4 is 5.73 Å². The van der Waals surface area contributed by atoms with Gasteiger partial charge < -0.3 is 24.9 Å². The Hall–Kier alpha value is -3.33. The Balaban J connectivity index is 1.88. The molecule has 2 aromatic heterocycles. The van der Waals surface area contributed by atoms with E-state index in [2.05, 4.69) is 4.98 Å². The Kier molecular flexibility index (Phi) is 5.13. The number of H-pyrrole nitrogens is 1. The van der Waals surface area contributed by atoms with E-state index in [0.717, 1.165) is 22.2 Å². The van der Waals surface area contributed by atoms with E-state index in [-0.39, 0.29) is 33.3 Å². The van der Waals surface area contributed by atoms with Gasteiger partial charge in [0.25, 0.3) is 0 Å². The molecule has 3 N–H and O–H groups in total. The lowest BCUT2D eigenvalue weighted by atomic mass is 10.1. The first kappa shape index (κ1) is 18.5. The Morgan fingerprint density at radius 2 is 1.78 bits per heavy atom. The lowest BCUT2D eigenvalue weighted by Gasteiger charge is -2.07. The van der Waals surface area contributed by atoms with Crippen molar-refractivity contribution in [2.45, 2.75) is 6.61 Å². The topological polar surface area (TPSA) is 121 Å². The Morgan fingerprint density at radius 1 is 1.07 bits per heavy atom. The van der Waals surface area contributed by atoms with Gasteiger partial charge in [0, 0.05) is 16.5 Å². The zero-order valence-electron chi connectivity index (χ0n) is 14.5. The second kappa shape index (κ2) is 7.50. The second-order valence-electron chi connectivity index (χ2n) is 5.48. The van der Waals surface area contributed by atoms with Crippen LogP contribution in [-0.4, -0.2) is 37.1 Å². The summed E-state index contributed by atoms with van der Waals surface area (Å²) in [5.74, 6) is -2.04. The standard InChI is InChI=1S/C18H16N2O6S/c1-24-17(22)13-10(14(18(23)25-2)27-15(13)19)8-26-16(21)12-7-9-5-3-4-6-11(9)20-12/h3-7,20H,8,19H2,1-2H3. The quantitative estimate of drug-likeness (QED) is 0.509. The number of nitrogens with two attached hydrogens (primary N) is 1. The normalized spacial score (nSPS) is 10.6. The Morgan fingerprint density at radius 3 is 2.44 bits per heavy atom. The number of nitrogens with one attached hydrogen (secondary N) is 1. The predicted molar refractivity (Wildman–Crippen MR) is 98.8 cm³/mol. The molecule has 0 aliphatic heterocycles. The average Bonchev–Trinajstić information content (AvgIpc) is 3.25. The molecule has 0 fully saturated rings. The number of methoxy groups -OCH3 is 2. The summed E-state index contributed by atoms with van der Waals surface area (Å²) in [5.41, 5.74) is 7.02. The van der Waals surface area contributed by atoms with Gasteiger partial charge in [0.05, 0.1) is 14.2 Å². The zero-order chi connectivity index (χ0) is 19.6. The summed E-state index contributed by atoms with van der Waals surface area (Å²) >= 11 is 0.872. The molecule has 0 bridgehead atoms. The van der Waals surface area contributed by atoms with Crippen molar-refractivity contribution in [3.63, 3.8) is 0 Å². The summed E-state index contributed by atoms with van der Waals surface area (Å²) in [7, 11) is 2.40. The van der Waals surface area contributed by atoms with Gasteiger partial charge in [-0.05, 0) is 12.1 Å². The number of rotatable bonds is 5. The van der Waals surface area contributed by atoms with Crippen molar-refractivity contribution >= 4 is 45.1 Å². The number of aromatic amines is 1. The van der Waals surface area contributed by atoms with Gasteiger partial charge in [0.15, 0.2) is 0 Å². The van der Waals surface area contributed by atoms with E-state index in [9.17, 15) is 14.4 Å². The summed E-state index contributed by atoms with van der Waals surface area (Å²) < 4.78 is 14.7. The molecule has 0 atom stereocenters. The average molecular weight is 388 g/mol. The predicted octanol–water partition coefficient (Wildman–Crippen LogP) is 2.74. The fraction of sp³-hybridized carbons (Fsp3) is 0.167. The molecule has 2 heterocycles. The Labute approximate surface area is 157 Å². The first-order valence-electron chi connectivity index (χ1n) is 7.79. The number of nitrogen functional groups attached to an aromatic ring is 1. The van der Waals surface area contributed by atoms with Crippen LogP contribution in [0.1, 0.15) is 36.1 Å². The summed E-state index contributed by atoms with van der Waals surface area (Å²) in [5, 5.41) is 0.939. The molecule has 0 saturated heterocycles. The van der Waals surface area contributed by atoms with Crippen LogP contribution in [0.25, 0.3) is 10.9 Å². The van der Waals surface area contributed by atoms with Crippen LogP contribution in [0, 0.1) is 0 Å². The fourth-order valence-corrected chi connectivity index (χ4v) is 3.58. The molecule has 0 amide bonds. The van der Waals surface area contributed by atoms with Crippen LogP contribution in [0.2, 0.25) is 0 Å². The van der Waals surface area contributed by atoms with Crippen LogP contribution in [0.5, 0.6) is 0 Å². The molecular weight excluding hydrogens is 372 g/mol. The number of hydrogen-bond donors (Lipinski definition) is 2. The number of hydrogen-bond acceptors (Lipinski definition) is 8. The molecule has 0 aliphatic carbocycles. The first-order chi connectivity index (χ1) is 13.0. The highest BCUT2D eigenvalue weighted by Crippen LogP contribution is 2.33. The minimum Gasteiger partial charge on any atom is -0.465 e. The van der Waals surface area contributed by atoms with Crippen molar-refractivity contribution < 1.29 is 28.6 Å². The number of para-hydroxylation sites is 1. The maximum atomic E-state index is 12.4. The summed E-state index contributed by atoms with van der Waals surface area (Å²) in [4.78, 5) is 39.4. The SMILES string of the molecule is COC(=O)c1sc(N)c(C(=O)OC)c1COC(=O)c1cc2ccccc2[nH]1. The number of carbonyl (C=O) groups is 3. The summed E-state index contributed by atoms with van der Waals surface area (Å²) in [6.45, 7) is -0.337. The van der Waals surface area contributed by atoms with Gasteiger partial charge in [-0.25, -0.2) is 14.4 Å². The van der Waals surface area contributed by atoms with Crippen LogP contribution in [0.3, 0.4) is 0 Å². The number of thiophene rings is 1. The molecule has 1 aromatic carbocycles. The lowest BCUT2D eigenvalue weighted by Crippen LogP contribution is -2.13. The van der Waals surface area contributed by atoms with Crippen molar-refractivity contribution in [1.82, 2.24) is 4.98 Å². The molecule has 27 heavy (non-hydrogen) atoms. The second-order valence-corrected chi connectivity index (χ2v) is 6.53. The highest BCUT2D eigenvalue weighted by molar-refractivity contribution is 7.18. The maximum Gasteiger partial charge on any atom is 0.355 e. The van der Waals surface area contributed by atoms with Crippen LogP contribution >= 0.6 is 11.3 Å². The van der Waals surface area contributed by atoms with E-state index in [0.29, 0.717) is 0 Å². The third-order valence-corrected chi connectivity index (χ3v) is 4.93. The molecule has 3 rings (SSSR count). The zero-order valence-corrected chi connectivity index (χ0v) is 15.3. The lowest BCUT2D eigenvalue weighted by molar-refractivity contribution is 0.0447. The van der Waals surface area contributed by atoms with E-state index in [1.807, 2.05) is 24.3 Å². The molecule has 0 aliphatic rings. The summed E-state index contributed by atoms with van der Waals surface area (Å²) in [6, 6.07) is 9.03. The smallest absolute Gasteiger partial charge is 0.355 e. The molecule has 3 aromatic rings. The minimum atomic E-state index is -0.726. The monoisotopic (exact) mass is 388 g/mol. The molecule has 140 valence electrons. The minimum absolute atomic E-state index is 0.00709. The van der Waals surface area contributed by atoms with E-state index in [1.54, 1.807) is 6.07 Å². The fourth-order valence-electron chi connectivity index (χ4n) is 2.60. The Bertz CT molecular complexity index is 1000. The maximum absolute atomic E-state index is 12.4. The van der Waals surface area contributed by atoms with E-state index in [4.69, 9.17) is 19.9 Å². The number of esters is 3. The molecule has 0 radical (unpaired) electrons. The van der Waals surface area contributed by atoms with Gasteiger partial charge in [0.2, 0.25) is 0 Å². The third-order valence-electron chi connectivity index (χ3n) is 3.89. The van der Waals surface area contributed by atoms with E-state index < -0.39 is 17.9 Å². The van der Waals surface area contributed by atoms with Crippen molar-refractivity contribution in [2.24, 2.45) is 0 Å². The van der Waals surface area contributed by atoms with E-state index in [1.165, 1.54) is 14.2 Å². The van der Waals surface area contributed by atoms with Crippen molar-refractivity contribution in [1.29, 1.82) is 0 Å². The highest BCUT2D eigenvalue weighted by Gasteiger charge is 2.28. The number of anilines is 1. The van der Waals surface area contributed by atoms with Gasteiger partial charge in [-0.1, -0.05) is 18.2 Å². The number of ether oxygens (including phenoxy) is 3. The largest absolute Gasteiger partial charge is 0.465 e. The van der Waals surface area contributed by atoms with Crippen LogP contribution in [0.15, 0.2) is 30.3 Å². The molecular formula is C18H16N2O6S. The number of fused-ring (bicyclic) bond motifs is 1. The highest BCUT2D eigenvalue weighted by atomic mass is 32.1. The molecule has 0 spiro atoms. The van der Waals surface area contributed by atoms with E-state index >= 15 is 0 Å². The molecule has 0 unspecified atom stereocenters. The number of benzene rings is 1. The summed E-state index contributed by atoms with van der Waals surface area (Å²) in [6.07, 6.45) is 0. The first-order valence-corrected chi connectivity index (χ1v) is 8.60. The van der Waals surface area contributed by atoms with Crippen molar-refractivity contribution in [3.8, 4) is 0 Å².